The Balaban J connectivity index is 1.35. The van der Waals surface area contributed by atoms with Gasteiger partial charge in [-0.05, 0) is 42.7 Å². The summed E-state index contributed by atoms with van der Waals surface area (Å²) in [6.45, 7) is 3.91. The number of nitrogens with one attached hydrogen (secondary N) is 2. The lowest BCUT2D eigenvalue weighted by Gasteiger charge is -2.25. The Morgan fingerprint density at radius 3 is 2.80 bits per heavy atom. The van der Waals surface area contributed by atoms with E-state index < -0.39 is 6.10 Å². The topological polar surface area (TPSA) is 89.6 Å². The van der Waals surface area contributed by atoms with Gasteiger partial charge in [0.15, 0.2) is 12.7 Å². The first-order valence-electron chi connectivity index (χ1n) is 9.35. The summed E-state index contributed by atoms with van der Waals surface area (Å²) < 4.78 is 11.0. The van der Waals surface area contributed by atoms with Gasteiger partial charge in [-0.1, -0.05) is 29.8 Å². The molecule has 0 aliphatic carbocycles. The molecule has 9 heteroatoms. The molecule has 1 atom stereocenters. The number of hydrogen-bond acceptors (Lipinski definition) is 5. The van der Waals surface area contributed by atoms with Gasteiger partial charge in [0.1, 0.15) is 5.75 Å². The summed E-state index contributed by atoms with van der Waals surface area (Å²) in [6.07, 6.45) is 2.56. The molecular formula is C21H21Cl2N3O4. The van der Waals surface area contributed by atoms with Gasteiger partial charge in [-0.25, -0.2) is 4.98 Å². The van der Waals surface area contributed by atoms with Crippen molar-refractivity contribution in [2.45, 2.75) is 25.4 Å². The Hall–Kier alpha value is -2.77. The van der Waals surface area contributed by atoms with E-state index in [1.165, 1.54) is 6.20 Å². The number of pyridine rings is 1. The number of fused-ring (bicyclic) bond motifs is 1. The van der Waals surface area contributed by atoms with Crippen molar-refractivity contribution in [1.29, 1.82) is 0 Å². The van der Waals surface area contributed by atoms with Crippen LogP contribution in [0.3, 0.4) is 0 Å². The predicted molar refractivity (Wildman–Crippen MR) is 114 cm³/mol. The molecule has 0 saturated heterocycles. The highest BCUT2D eigenvalue weighted by Crippen LogP contribution is 2.30. The van der Waals surface area contributed by atoms with Crippen LogP contribution in [0.15, 0.2) is 48.8 Å². The second-order valence-electron chi connectivity index (χ2n) is 6.69. The number of carbonyl (C=O) groups excluding carboxylic acids is 2. The van der Waals surface area contributed by atoms with Gasteiger partial charge in [-0.2, -0.15) is 0 Å². The molecule has 1 aliphatic heterocycles. The largest absolute Gasteiger partial charge is 0.480 e. The molecule has 158 valence electrons. The molecule has 1 aromatic heterocycles. The van der Waals surface area contributed by atoms with Gasteiger partial charge < -0.3 is 20.1 Å². The van der Waals surface area contributed by atoms with E-state index in [0.717, 1.165) is 12.0 Å². The monoisotopic (exact) mass is 449 g/mol. The highest BCUT2D eigenvalue weighted by molar-refractivity contribution is 6.30. The minimum absolute atomic E-state index is 0.202. The van der Waals surface area contributed by atoms with Gasteiger partial charge in [0, 0.05) is 35.9 Å². The van der Waals surface area contributed by atoms with Crippen molar-refractivity contribution < 1.29 is 19.1 Å². The van der Waals surface area contributed by atoms with E-state index in [-0.39, 0.29) is 18.4 Å². The highest BCUT2D eigenvalue weighted by atomic mass is 35.5. The van der Waals surface area contributed by atoms with Crippen LogP contribution in [0.2, 0.25) is 10.0 Å². The maximum absolute atomic E-state index is 12.3. The molecule has 30 heavy (non-hydrogen) atoms. The first-order chi connectivity index (χ1) is 14.4. The van der Waals surface area contributed by atoms with E-state index in [0.29, 0.717) is 46.8 Å². The summed E-state index contributed by atoms with van der Waals surface area (Å²) in [5.74, 6) is 0.405. The fraction of sp³-hybridized carbons (Fsp3) is 0.286. The summed E-state index contributed by atoms with van der Waals surface area (Å²) >= 11 is 11.7. The van der Waals surface area contributed by atoms with E-state index >= 15 is 0 Å². The average Bonchev–Trinajstić information content (AvgIpc) is 2.72. The Morgan fingerprint density at radius 1 is 1.23 bits per heavy atom. The lowest BCUT2D eigenvalue weighted by Crippen LogP contribution is -2.41. The average molecular weight is 450 g/mol. The number of aryl methyl sites for hydroxylation is 1. The van der Waals surface area contributed by atoms with Crippen LogP contribution in [-0.2, 0) is 16.0 Å². The van der Waals surface area contributed by atoms with Crippen LogP contribution in [0.1, 0.15) is 18.4 Å². The second kappa shape index (κ2) is 10.3. The summed E-state index contributed by atoms with van der Waals surface area (Å²) in [4.78, 5) is 28.2. The van der Waals surface area contributed by atoms with Crippen molar-refractivity contribution in [3.05, 3.63) is 64.4 Å². The second-order valence-corrected chi connectivity index (χ2v) is 7.57. The van der Waals surface area contributed by atoms with Gasteiger partial charge in [0.05, 0.1) is 5.02 Å². The number of carbonyl (C=O) groups is 2. The third kappa shape index (κ3) is 6.37. The molecule has 2 aromatic rings. The Labute approximate surface area is 184 Å². The smallest absolute Gasteiger partial charge is 0.262 e. The summed E-state index contributed by atoms with van der Waals surface area (Å²) in [5, 5.41) is 6.56. The van der Waals surface area contributed by atoms with Crippen LogP contribution < -0.4 is 20.1 Å². The summed E-state index contributed by atoms with van der Waals surface area (Å²) in [7, 11) is 0. The molecule has 0 radical (unpaired) electrons. The molecule has 3 rings (SSSR count). The van der Waals surface area contributed by atoms with Gasteiger partial charge in [-0.3, -0.25) is 9.59 Å². The minimum atomic E-state index is -0.554. The van der Waals surface area contributed by atoms with Crippen LogP contribution in [0, 0.1) is 0 Å². The molecule has 0 bridgehead atoms. The van der Waals surface area contributed by atoms with E-state index in [1.807, 2.05) is 6.07 Å². The molecule has 2 N–H and O–H groups in total. The zero-order valence-electron chi connectivity index (χ0n) is 16.1. The molecular weight excluding hydrogens is 429 g/mol. The molecule has 0 saturated carbocycles. The van der Waals surface area contributed by atoms with Crippen LogP contribution >= 0.6 is 23.2 Å². The van der Waals surface area contributed by atoms with E-state index in [4.69, 9.17) is 32.7 Å². The van der Waals surface area contributed by atoms with Crippen molar-refractivity contribution in [2.75, 3.05) is 13.2 Å². The molecule has 2 amide bonds. The molecule has 0 spiro atoms. The lowest BCUT2D eigenvalue weighted by atomic mass is 10.0. The number of rotatable bonds is 8. The number of amides is 2. The number of hydrogen-bond donors (Lipinski definition) is 2. The zero-order valence-corrected chi connectivity index (χ0v) is 17.6. The predicted octanol–water partition coefficient (Wildman–Crippen LogP) is 3.30. The fourth-order valence-corrected chi connectivity index (χ4v) is 3.18. The van der Waals surface area contributed by atoms with Crippen LogP contribution in [0.25, 0.3) is 0 Å². The highest BCUT2D eigenvalue weighted by Gasteiger charge is 2.25. The standard InChI is InChI=1S/C21H21Cl2N3O4/c1-13(26-19(27)12-29-20-7-4-16(23)11-25-20)8-9-24-21(28)18-5-2-14-10-15(22)3-6-17(14)30-18/h3-4,6-7,10-11,18H,1-2,5,8-9,12H2,(H,24,28)(H,26,27)/t18-/m1/s1. The lowest BCUT2D eigenvalue weighted by molar-refractivity contribution is -0.128. The normalized spacial score (nSPS) is 14.8. The van der Waals surface area contributed by atoms with E-state index in [2.05, 4.69) is 22.2 Å². The van der Waals surface area contributed by atoms with Crippen LogP contribution in [0.5, 0.6) is 11.6 Å². The van der Waals surface area contributed by atoms with Crippen molar-refractivity contribution in [3.8, 4) is 11.6 Å². The Kier molecular flexibility index (Phi) is 7.54. The maximum Gasteiger partial charge on any atom is 0.262 e. The van der Waals surface area contributed by atoms with Gasteiger partial charge in [0.2, 0.25) is 5.88 Å². The van der Waals surface area contributed by atoms with Crippen molar-refractivity contribution in [1.82, 2.24) is 15.6 Å². The first kappa shape index (κ1) is 21.9. The number of benzene rings is 1. The van der Waals surface area contributed by atoms with Gasteiger partial charge in [0.25, 0.3) is 11.8 Å². The zero-order chi connectivity index (χ0) is 21.5. The fourth-order valence-electron chi connectivity index (χ4n) is 2.88. The van der Waals surface area contributed by atoms with Crippen LogP contribution in [-0.4, -0.2) is 36.1 Å². The van der Waals surface area contributed by atoms with E-state index in [1.54, 1.807) is 24.3 Å². The van der Waals surface area contributed by atoms with E-state index in [9.17, 15) is 9.59 Å². The molecule has 7 nitrogen and oxygen atoms in total. The maximum atomic E-state index is 12.3. The Morgan fingerprint density at radius 2 is 2.03 bits per heavy atom. The Bertz CT molecular complexity index is 934. The van der Waals surface area contributed by atoms with Crippen LogP contribution in [0.4, 0.5) is 0 Å². The number of aromatic nitrogens is 1. The molecule has 2 heterocycles. The van der Waals surface area contributed by atoms with Crippen molar-refractivity contribution in [3.63, 3.8) is 0 Å². The van der Waals surface area contributed by atoms with Gasteiger partial charge >= 0.3 is 0 Å². The summed E-state index contributed by atoms with van der Waals surface area (Å²) in [6, 6.07) is 8.55. The van der Waals surface area contributed by atoms with Crippen molar-refractivity contribution in [2.24, 2.45) is 0 Å². The summed E-state index contributed by atoms with van der Waals surface area (Å²) in [5.41, 5.74) is 1.47. The van der Waals surface area contributed by atoms with Gasteiger partial charge in [-0.15, -0.1) is 0 Å². The third-order valence-electron chi connectivity index (χ3n) is 4.35. The van der Waals surface area contributed by atoms with Crippen molar-refractivity contribution >= 4 is 35.0 Å². The number of halogens is 2. The molecule has 1 aromatic carbocycles. The molecule has 1 aliphatic rings. The number of ether oxygens (including phenoxy) is 2. The SMILES string of the molecule is C=C(CCNC(=O)[C@H]1CCc2cc(Cl)ccc2O1)NC(=O)COc1ccc(Cl)cn1. The quantitative estimate of drug-likeness (QED) is 0.645. The first-order valence-corrected chi connectivity index (χ1v) is 10.1. The molecule has 0 fully saturated rings. The minimum Gasteiger partial charge on any atom is -0.480 e. The third-order valence-corrected chi connectivity index (χ3v) is 4.81. The molecule has 0 unspecified atom stereocenters. The number of nitrogens with zero attached hydrogens (tertiary/aromatic N) is 1.